The van der Waals surface area contributed by atoms with Crippen molar-refractivity contribution in [1.29, 1.82) is 0 Å². The van der Waals surface area contributed by atoms with Gasteiger partial charge in [0.05, 0.1) is 7.11 Å². The fourth-order valence-corrected chi connectivity index (χ4v) is 1.17. The van der Waals surface area contributed by atoms with E-state index in [-0.39, 0.29) is 11.8 Å². The lowest BCUT2D eigenvalue weighted by atomic mass is 10.0. The molecule has 94 valence electrons. The number of aliphatic hydroxyl groups is 1. The van der Waals surface area contributed by atoms with Gasteiger partial charge in [0.1, 0.15) is 12.1 Å². The van der Waals surface area contributed by atoms with Crippen LogP contribution in [0, 0.1) is 11.8 Å². The second kappa shape index (κ2) is 6.48. The lowest BCUT2D eigenvalue weighted by Gasteiger charge is -2.22. The minimum atomic E-state index is -1.11. The monoisotopic (exact) mass is 231 g/mol. The molecule has 2 N–H and O–H groups in total. The van der Waals surface area contributed by atoms with Gasteiger partial charge in [0.15, 0.2) is 0 Å². The van der Waals surface area contributed by atoms with Crippen LogP contribution in [0.1, 0.15) is 27.7 Å². The first-order chi connectivity index (χ1) is 7.31. The van der Waals surface area contributed by atoms with E-state index in [0.29, 0.717) is 0 Å². The van der Waals surface area contributed by atoms with Gasteiger partial charge in [0.2, 0.25) is 5.91 Å². The van der Waals surface area contributed by atoms with E-state index < -0.39 is 24.0 Å². The van der Waals surface area contributed by atoms with Gasteiger partial charge in [-0.2, -0.15) is 0 Å². The molecule has 0 radical (unpaired) electrons. The Morgan fingerprint density at radius 3 is 1.94 bits per heavy atom. The summed E-state index contributed by atoms with van der Waals surface area (Å²) < 4.78 is 4.58. The van der Waals surface area contributed by atoms with Crippen LogP contribution >= 0.6 is 0 Å². The molecule has 0 rings (SSSR count). The first-order valence-corrected chi connectivity index (χ1v) is 5.37. The van der Waals surface area contributed by atoms with Crippen molar-refractivity contribution in [2.45, 2.75) is 39.8 Å². The second-order valence-corrected chi connectivity index (χ2v) is 4.44. The van der Waals surface area contributed by atoms with E-state index in [4.69, 9.17) is 0 Å². The number of rotatable bonds is 5. The van der Waals surface area contributed by atoms with Crippen molar-refractivity contribution in [2.24, 2.45) is 11.8 Å². The summed E-state index contributed by atoms with van der Waals surface area (Å²) >= 11 is 0. The summed E-state index contributed by atoms with van der Waals surface area (Å²) in [7, 11) is 1.27. The van der Waals surface area contributed by atoms with E-state index in [2.05, 4.69) is 10.1 Å². The van der Waals surface area contributed by atoms with Gasteiger partial charge in [-0.1, -0.05) is 27.7 Å². The molecule has 2 atom stereocenters. The molecule has 0 aromatic rings. The highest BCUT2D eigenvalue weighted by Crippen LogP contribution is 2.06. The van der Waals surface area contributed by atoms with Gasteiger partial charge in [-0.15, -0.1) is 0 Å². The molecule has 0 aromatic carbocycles. The number of carbonyl (C=O) groups is 2. The first-order valence-electron chi connectivity index (χ1n) is 5.37. The van der Waals surface area contributed by atoms with Crippen LogP contribution < -0.4 is 5.32 Å². The molecule has 0 unspecified atom stereocenters. The van der Waals surface area contributed by atoms with E-state index in [1.165, 1.54) is 7.11 Å². The maximum atomic E-state index is 11.6. The van der Waals surface area contributed by atoms with Gasteiger partial charge in [-0.25, -0.2) is 4.79 Å². The summed E-state index contributed by atoms with van der Waals surface area (Å²) in [4.78, 5) is 22.9. The third-order valence-electron chi connectivity index (χ3n) is 2.32. The molecule has 0 saturated heterocycles. The molecule has 0 aliphatic heterocycles. The number of hydrogen-bond acceptors (Lipinski definition) is 4. The normalized spacial score (nSPS) is 14.8. The minimum Gasteiger partial charge on any atom is -0.467 e. The van der Waals surface area contributed by atoms with E-state index in [0.717, 1.165) is 0 Å². The lowest BCUT2D eigenvalue weighted by Crippen LogP contribution is -2.49. The fourth-order valence-electron chi connectivity index (χ4n) is 1.17. The Labute approximate surface area is 96.2 Å². The highest BCUT2D eigenvalue weighted by Gasteiger charge is 2.28. The van der Waals surface area contributed by atoms with Crippen molar-refractivity contribution in [3.63, 3.8) is 0 Å². The summed E-state index contributed by atoms with van der Waals surface area (Å²) in [5, 5.41) is 12.0. The van der Waals surface area contributed by atoms with Crippen molar-refractivity contribution >= 4 is 11.9 Å². The number of methoxy groups -OCH3 is 1. The van der Waals surface area contributed by atoms with Crippen LogP contribution in [-0.2, 0) is 14.3 Å². The number of nitrogens with one attached hydrogen (secondary N) is 1. The Kier molecular flexibility index (Phi) is 6.03. The van der Waals surface area contributed by atoms with Gasteiger partial charge < -0.3 is 15.2 Å². The predicted octanol–water partition coefficient (Wildman–Crippen LogP) is 0.317. The Balaban J connectivity index is 4.53. The molecule has 5 heteroatoms. The summed E-state index contributed by atoms with van der Waals surface area (Å²) in [6, 6.07) is -0.717. The molecule has 1 amide bonds. The zero-order chi connectivity index (χ0) is 12.9. The molecule has 0 aliphatic rings. The molecular weight excluding hydrogens is 210 g/mol. The van der Waals surface area contributed by atoms with Crippen LogP contribution in [0.15, 0.2) is 0 Å². The molecular formula is C11H21NO4. The van der Waals surface area contributed by atoms with Gasteiger partial charge in [0.25, 0.3) is 0 Å². The summed E-state index contributed by atoms with van der Waals surface area (Å²) in [6.07, 6.45) is -1.11. The second-order valence-electron chi connectivity index (χ2n) is 4.44. The Morgan fingerprint density at radius 2 is 1.62 bits per heavy atom. The van der Waals surface area contributed by atoms with Crippen LogP contribution in [-0.4, -0.2) is 36.2 Å². The number of hydrogen-bond donors (Lipinski definition) is 2. The van der Waals surface area contributed by atoms with E-state index in [9.17, 15) is 14.7 Å². The molecule has 0 bridgehead atoms. The number of ether oxygens (including phenoxy) is 1. The third kappa shape index (κ3) is 4.18. The quantitative estimate of drug-likeness (QED) is 0.668. The average Bonchev–Trinajstić information content (AvgIpc) is 2.22. The third-order valence-corrected chi connectivity index (χ3v) is 2.32. The standard InChI is InChI=1S/C11H21NO4/c1-6(2)8(11(15)16-5)12-10(14)9(13)7(3)4/h6-9,13H,1-5H3,(H,12,14)/t8-,9-/m1/s1. The van der Waals surface area contributed by atoms with Crippen LogP contribution in [0.4, 0.5) is 0 Å². The maximum absolute atomic E-state index is 11.6. The minimum absolute atomic E-state index is 0.0873. The summed E-state index contributed by atoms with van der Waals surface area (Å²) in [6.45, 7) is 7.05. The largest absolute Gasteiger partial charge is 0.467 e. The number of aliphatic hydroxyl groups excluding tert-OH is 1. The molecule has 5 nitrogen and oxygen atoms in total. The molecule has 16 heavy (non-hydrogen) atoms. The Hall–Kier alpha value is -1.10. The van der Waals surface area contributed by atoms with Crippen molar-refractivity contribution in [3.05, 3.63) is 0 Å². The number of esters is 1. The van der Waals surface area contributed by atoms with Gasteiger partial charge >= 0.3 is 5.97 Å². The maximum Gasteiger partial charge on any atom is 0.328 e. The van der Waals surface area contributed by atoms with Gasteiger partial charge in [-0.05, 0) is 11.8 Å². The SMILES string of the molecule is COC(=O)[C@H](NC(=O)[C@H](O)C(C)C)C(C)C. The molecule has 0 aromatic heterocycles. The predicted molar refractivity (Wildman–Crippen MR) is 59.6 cm³/mol. The number of carbonyl (C=O) groups excluding carboxylic acids is 2. The van der Waals surface area contributed by atoms with Crippen LogP contribution in [0.25, 0.3) is 0 Å². The van der Waals surface area contributed by atoms with E-state index in [1.54, 1.807) is 27.7 Å². The van der Waals surface area contributed by atoms with Crippen molar-refractivity contribution in [1.82, 2.24) is 5.32 Å². The lowest BCUT2D eigenvalue weighted by molar-refractivity contribution is -0.148. The van der Waals surface area contributed by atoms with Gasteiger partial charge in [0, 0.05) is 0 Å². The molecule has 0 spiro atoms. The van der Waals surface area contributed by atoms with Gasteiger partial charge in [-0.3, -0.25) is 4.79 Å². The topological polar surface area (TPSA) is 75.6 Å². The molecule has 0 heterocycles. The van der Waals surface area contributed by atoms with E-state index >= 15 is 0 Å². The van der Waals surface area contributed by atoms with E-state index in [1.807, 2.05) is 0 Å². The van der Waals surface area contributed by atoms with Crippen molar-refractivity contribution in [2.75, 3.05) is 7.11 Å². The highest BCUT2D eigenvalue weighted by atomic mass is 16.5. The number of amides is 1. The molecule has 0 aliphatic carbocycles. The van der Waals surface area contributed by atoms with Crippen molar-refractivity contribution < 1.29 is 19.4 Å². The van der Waals surface area contributed by atoms with Crippen LogP contribution in [0.3, 0.4) is 0 Å². The van der Waals surface area contributed by atoms with Crippen LogP contribution in [0.5, 0.6) is 0 Å². The fraction of sp³-hybridized carbons (Fsp3) is 0.818. The first kappa shape index (κ1) is 14.9. The summed E-state index contributed by atoms with van der Waals surface area (Å²) in [5.74, 6) is -1.32. The molecule has 0 saturated carbocycles. The van der Waals surface area contributed by atoms with Crippen LogP contribution in [0.2, 0.25) is 0 Å². The smallest absolute Gasteiger partial charge is 0.328 e. The highest BCUT2D eigenvalue weighted by molar-refractivity contribution is 5.87. The summed E-state index contributed by atoms with van der Waals surface area (Å²) in [5.41, 5.74) is 0. The zero-order valence-electron chi connectivity index (χ0n) is 10.5. The Morgan fingerprint density at radius 1 is 1.12 bits per heavy atom. The Bertz CT molecular complexity index is 250. The zero-order valence-corrected chi connectivity index (χ0v) is 10.5. The van der Waals surface area contributed by atoms with Crippen molar-refractivity contribution in [3.8, 4) is 0 Å². The molecule has 0 fully saturated rings. The average molecular weight is 231 g/mol.